The van der Waals surface area contributed by atoms with Crippen LogP contribution in [0.2, 0.25) is 0 Å². The molecule has 0 heterocycles. The van der Waals surface area contributed by atoms with Crippen molar-refractivity contribution in [2.45, 2.75) is 12.6 Å². The molecule has 43 heavy (non-hydrogen) atoms. The number of carbonyl (C=O) groups excluding carboxylic acids is 4. The third-order valence-corrected chi connectivity index (χ3v) is 5.71. The molecule has 2 aromatic rings. The van der Waals surface area contributed by atoms with E-state index in [2.05, 4.69) is 34.9 Å². The average molecular weight is 677 g/mol. The van der Waals surface area contributed by atoms with Gasteiger partial charge in [-0.25, -0.2) is 19.2 Å². The maximum absolute atomic E-state index is 11.7. The highest BCUT2D eigenvalue weighted by molar-refractivity contribution is 9.09. The molecule has 2 aromatic carbocycles. The lowest BCUT2D eigenvalue weighted by atomic mass is 10.1. The Kier molecular flexibility index (Phi) is 20.0. The van der Waals surface area contributed by atoms with Gasteiger partial charge in [0.2, 0.25) is 0 Å². The van der Waals surface area contributed by atoms with Gasteiger partial charge in [0, 0.05) is 28.4 Å². The van der Waals surface area contributed by atoms with Gasteiger partial charge in [-0.2, -0.15) is 0 Å². The summed E-state index contributed by atoms with van der Waals surface area (Å²) < 4.78 is 43.2. The zero-order valence-corrected chi connectivity index (χ0v) is 26.8. The summed E-state index contributed by atoms with van der Waals surface area (Å²) in [7, 11) is 11.0. The van der Waals surface area contributed by atoms with Crippen LogP contribution in [0.25, 0.3) is 0 Å². The van der Waals surface area contributed by atoms with Crippen molar-refractivity contribution in [2.75, 3.05) is 68.8 Å². The molecule has 14 nitrogen and oxygen atoms in total. The summed E-state index contributed by atoms with van der Waals surface area (Å²) in [5, 5.41) is 9.90. The second-order valence-corrected chi connectivity index (χ2v) is 8.32. The molecule has 0 aliphatic rings. The standard InChI is InChI=1S/C14H18O7.C10H10O5.C4H9BrO2/c1-17-12(18-2)8-21-9-5-6-10(13(15)19-3)11(7-9)14(16)20-4;1-14-9(12)7-4-3-6(11)5-8(7)10(13)15-2;1-6-4(3-5)7-2/h5-7,12H,8H2,1-4H3;3-5,11H,1-2H3;4H,3H2,1-2H3. The molecule has 0 spiro atoms. The van der Waals surface area contributed by atoms with E-state index in [1.54, 1.807) is 20.3 Å². The van der Waals surface area contributed by atoms with Gasteiger partial charge in [0.15, 0.2) is 12.6 Å². The Balaban J connectivity index is 0.000000696. The van der Waals surface area contributed by atoms with Crippen molar-refractivity contribution in [1.29, 1.82) is 0 Å². The molecule has 0 bridgehead atoms. The molecule has 0 aliphatic carbocycles. The Morgan fingerprint density at radius 2 is 1.00 bits per heavy atom. The molecule has 0 aliphatic heterocycles. The first-order valence-electron chi connectivity index (χ1n) is 12.1. The van der Waals surface area contributed by atoms with E-state index in [0.717, 1.165) is 11.4 Å². The summed E-state index contributed by atoms with van der Waals surface area (Å²) in [5.41, 5.74) is 0.200. The monoisotopic (exact) mass is 676 g/mol. The Hall–Kier alpha value is -3.76. The quantitative estimate of drug-likeness (QED) is 0.150. The number of ether oxygens (including phenoxy) is 9. The van der Waals surface area contributed by atoms with E-state index in [1.165, 1.54) is 66.9 Å². The molecular formula is C28H37BrO14. The number of alkyl halides is 1. The topological polar surface area (TPSA) is 172 Å². The molecule has 0 saturated carbocycles. The molecule has 0 fully saturated rings. The fourth-order valence-corrected chi connectivity index (χ4v) is 3.43. The lowest BCUT2D eigenvalue weighted by Gasteiger charge is -2.15. The zero-order chi connectivity index (χ0) is 32.9. The number of methoxy groups -OCH3 is 8. The number of hydrogen-bond donors (Lipinski definition) is 1. The van der Waals surface area contributed by atoms with Crippen LogP contribution in [-0.4, -0.2) is 110 Å². The summed E-state index contributed by atoms with van der Waals surface area (Å²) in [6.45, 7) is 0.130. The van der Waals surface area contributed by atoms with Crippen molar-refractivity contribution in [2.24, 2.45) is 0 Å². The normalized spacial score (nSPS) is 10.0. The minimum Gasteiger partial charge on any atom is -0.508 e. The molecule has 1 N–H and O–H groups in total. The van der Waals surface area contributed by atoms with Crippen molar-refractivity contribution in [3.8, 4) is 11.5 Å². The van der Waals surface area contributed by atoms with Gasteiger partial charge < -0.3 is 47.7 Å². The number of esters is 4. The summed E-state index contributed by atoms with van der Waals surface area (Å²) in [4.78, 5) is 45.9. The minimum atomic E-state index is -0.702. The summed E-state index contributed by atoms with van der Waals surface area (Å²) in [5.74, 6) is -2.39. The van der Waals surface area contributed by atoms with E-state index in [-0.39, 0.29) is 40.9 Å². The van der Waals surface area contributed by atoms with Crippen LogP contribution in [0.15, 0.2) is 36.4 Å². The maximum atomic E-state index is 11.7. The number of carbonyl (C=O) groups is 4. The van der Waals surface area contributed by atoms with Crippen molar-refractivity contribution in [3.05, 3.63) is 58.7 Å². The third-order valence-electron chi connectivity index (χ3n) is 5.18. The lowest BCUT2D eigenvalue weighted by Crippen LogP contribution is -2.22. The largest absolute Gasteiger partial charge is 0.508 e. The Bertz CT molecular complexity index is 1160. The molecule has 2 rings (SSSR count). The van der Waals surface area contributed by atoms with Crippen molar-refractivity contribution < 1.29 is 66.9 Å². The number of halogens is 1. The predicted octanol–water partition coefficient (Wildman–Crippen LogP) is 3.22. The van der Waals surface area contributed by atoms with Crippen LogP contribution in [0.1, 0.15) is 41.4 Å². The van der Waals surface area contributed by atoms with Crippen LogP contribution in [0.4, 0.5) is 0 Å². The Morgan fingerprint density at radius 3 is 1.37 bits per heavy atom. The van der Waals surface area contributed by atoms with Gasteiger partial charge in [0.05, 0.1) is 56.0 Å². The van der Waals surface area contributed by atoms with Gasteiger partial charge in [-0.15, -0.1) is 0 Å². The number of aromatic hydroxyl groups is 1. The number of hydrogen-bond acceptors (Lipinski definition) is 14. The van der Waals surface area contributed by atoms with Gasteiger partial charge in [-0.05, 0) is 36.4 Å². The molecule has 0 unspecified atom stereocenters. The van der Waals surface area contributed by atoms with Crippen molar-refractivity contribution in [1.82, 2.24) is 0 Å². The number of rotatable bonds is 12. The molecule has 0 amide bonds. The number of phenolic OH excluding ortho intramolecular Hbond substituents is 1. The Labute approximate surface area is 258 Å². The van der Waals surface area contributed by atoms with E-state index >= 15 is 0 Å². The summed E-state index contributed by atoms with van der Waals surface area (Å²) in [6.07, 6.45) is -0.633. The fraction of sp³-hybridized carbons (Fsp3) is 0.429. The highest BCUT2D eigenvalue weighted by Gasteiger charge is 2.20. The van der Waals surface area contributed by atoms with Gasteiger partial charge in [-0.1, -0.05) is 15.9 Å². The first-order chi connectivity index (χ1) is 20.5. The van der Waals surface area contributed by atoms with Crippen LogP contribution < -0.4 is 4.74 Å². The highest BCUT2D eigenvalue weighted by atomic mass is 79.9. The second kappa shape index (κ2) is 21.9. The van der Waals surface area contributed by atoms with E-state index in [9.17, 15) is 24.3 Å². The minimum absolute atomic E-state index is 0.0237. The number of phenols is 1. The van der Waals surface area contributed by atoms with Crippen molar-refractivity contribution >= 4 is 39.8 Å². The molecule has 240 valence electrons. The fourth-order valence-electron chi connectivity index (χ4n) is 2.90. The summed E-state index contributed by atoms with van der Waals surface area (Å²) in [6, 6.07) is 8.12. The van der Waals surface area contributed by atoms with E-state index in [4.69, 9.17) is 23.7 Å². The molecule has 0 radical (unpaired) electrons. The van der Waals surface area contributed by atoms with Crippen molar-refractivity contribution in [3.63, 3.8) is 0 Å². The van der Waals surface area contributed by atoms with Gasteiger partial charge in [-0.3, -0.25) is 0 Å². The lowest BCUT2D eigenvalue weighted by molar-refractivity contribution is -0.121. The van der Waals surface area contributed by atoms with Crippen LogP contribution in [0, 0.1) is 0 Å². The van der Waals surface area contributed by atoms with Gasteiger partial charge >= 0.3 is 23.9 Å². The van der Waals surface area contributed by atoms with E-state index in [0.29, 0.717) is 5.75 Å². The van der Waals surface area contributed by atoms with Crippen LogP contribution >= 0.6 is 15.9 Å². The zero-order valence-electron chi connectivity index (χ0n) is 25.2. The highest BCUT2D eigenvalue weighted by Crippen LogP contribution is 2.21. The van der Waals surface area contributed by atoms with Crippen LogP contribution in [-0.2, 0) is 37.9 Å². The Morgan fingerprint density at radius 1 is 0.605 bits per heavy atom. The second-order valence-electron chi connectivity index (χ2n) is 7.67. The first kappa shape index (κ1) is 39.2. The molecule has 0 atom stereocenters. The summed E-state index contributed by atoms with van der Waals surface area (Å²) >= 11 is 3.19. The van der Waals surface area contributed by atoms with Gasteiger partial charge in [0.25, 0.3) is 0 Å². The van der Waals surface area contributed by atoms with Crippen LogP contribution in [0.5, 0.6) is 11.5 Å². The van der Waals surface area contributed by atoms with E-state index < -0.39 is 30.2 Å². The third kappa shape index (κ3) is 13.4. The van der Waals surface area contributed by atoms with E-state index in [1.807, 2.05) is 0 Å². The number of benzene rings is 2. The molecule has 0 aromatic heterocycles. The van der Waals surface area contributed by atoms with Gasteiger partial charge in [0.1, 0.15) is 18.1 Å². The first-order valence-corrected chi connectivity index (χ1v) is 13.2. The molecule has 0 saturated heterocycles. The molecule has 15 heteroatoms. The average Bonchev–Trinajstić information content (AvgIpc) is 3.04. The smallest absolute Gasteiger partial charge is 0.338 e. The predicted molar refractivity (Wildman–Crippen MR) is 155 cm³/mol. The SMILES string of the molecule is COC(=O)c1ccc(O)cc1C(=O)OC.COC(=O)c1ccc(OCC(OC)OC)cc1C(=O)OC.COC(CBr)OC. The van der Waals surface area contributed by atoms with Crippen LogP contribution in [0.3, 0.4) is 0 Å². The molecular weight excluding hydrogens is 640 g/mol. The maximum Gasteiger partial charge on any atom is 0.338 e.